The van der Waals surface area contributed by atoms with E-state index >= 15 is 0 Å². The summed E-state index contributed by atoms with van der Waals surface area (Å²) in [4.78, 5) is 24.9. The van der Waals surface area contributed by atoms with Gasteiger partial charge in [0.25, 0.3) is 5.91 Å². The fourth-order valence-corrected chi connectivity index (χ4v) is 4.38. The first-order valence-corrected chi connectivity index (χ1v) is 12.5. The smallest absolute Gasteiger partial charge is 0.343 e. The Morgan fingerprint density at radius 2 is 1.58 bits per heavy atom. The Balaban J connectivity index is 1.48. The first-order valence-electron chi connectivity index (χ1n) is 11.0. The third-order valence-electron chi connectivity index (χ3n) is 5.28. The van der Waals surface area contributed by atoms with Gasteiger partial charge in [0.2, 0.25) is 10.0 Å². The molecule has 0 aliphatic rings. The fourth-order valence-electron chi connectivity index (χ4n) is 3.40. The highest BCUT2D eigenvalue weighted by atomic mass is 32.2. The molecule has 1 amide bonds. The van der Waals surface area contributed by atoms with E-state index in [9.17, 15) is 18.0 Å². The summed E-state index contributed by atoms with van der Waals surface area (Å²) < 4.78 is 32.6. The van der Waals surface area contributed by atoms with Gasteiger partial charge in [-0.05, 0) is 48.0 Å². The van der Waals surface area contributed by atoms with Crippen LogP contribution in [-0.2, 0) is 14.8 Å². The first kappa shape index (κ1) is 24.8. The summed E-state index contributed by atoms with van der Waals surface area (Å²) in [7, 11) is -3.84. The van der Waals surface area contributed by atoms with Crippen LogP contribution in [0.5, 0.6) is 5.75 Å². The van der Waals surface area contributed by atoms with Crippen LogP contribution in [-0.4, -0.2) is 33.1 Å². The Bertz CT molecular complexity index is 1530. The number of carbonyl (C=O) groups is 2. The number of nitrogens with one attached hydrogen (secondary N) is 2. The standard InChI is InChI=1S/C27H23N3O5S/c1-19-11-14-22(15-12-19)36(33,34)29-18-26(31)30-28-17-24-23-10-6-5-7-20(23)13-16-25(24)35-27(32)21-8-3-2-4-9-21/h2-17,29H,18H2,1H3,(H,30,31)/b28-17+. The van der Waals surface area contributed by atoms with Gasteiger partial charge in [-0.15, -0.1) is 0 Å². The molecule has 0 aliphatic heterocycles. The summed E-state index contributed by atoms with van der Waals surface area (Å²) in [5.41, 5.74) is 4.10. The summed E-state index contributed by atoms with van der Waals surface area (Å²) >= 11 is 0. The van der Waals surface area contributed by atoms with Gasteiger partial charge in [-0.3, -0.25) is 4.79 Å². The number of sulfonamides is 1. The van der Waals surface area contributed by atoms with E-state index in [4.69, 9.17) is 4.74 Å². The van der Waals surface area contributed by atoms with Crippen molar-refractivity contribution in [3.8, 4) is 5.75 Å². The number of hydrogen-bond acceptors (Lipinski definition) is 6. The SMILES string of the molecule is Cc1ccc(S(=O)(=O)NCC(=O)N/N=C/c2c(OC(=O)c3ccccc3)ccc3ccccc23)cc1. The van der Waals surface area contributed by atoms with Gasteiger partial charge in [-0.1, -0.05) is 66.2 Å². The van der Waals surface area contributed by atoms with Crippen LogP contribution in [0, 0.1) is 6.92 Å². The average Bonchev–Trinajstić information content (AvgIpc) is 2.89. The molecule has 0 saturated carbocycles. The van der Waals surface area contributed by atoms with Crippen LogP contribution in [0.25, 0.3) is 10.8 Å². The predicted octanol–water partition coefficient (Wildman–Crippen LogP) is 3.80. The molecular formula is C27H23N3O5S. The third-order valence-corrected chi connectivity index (χ3v) is 6.70. The molecule has 0 aromatic heterocycles. The average molecular weight is 502 g/mol. The topological polar surface area (TPSA) is 114 Å². The van der Waals surface area contributed by atoms with Crippen molar-refractivity contribution in [2.75, 3.05) is 6.54 Å². The van der Waals surface area contributed by atoms with Crippen molar-refractivity contribution in [2.45, 2.75) is 11.8 Å². The van der Waals surface area contributed by atoms with Crippen LogP contribution in [0.15, 0.2) is 101 Å². The van der Waals surface area contributed by atoms with Gasteiger partial charge in [0, 0.05) is 5.56 Å². The number of ether oxygens (including phenoxy) is 1. The van der Waals surface area contributed by atoms with Crippen LogP contribution < -0.4 is 14.9 Å². The predicted molar refractivity (Wildman–Crippen MR) is 137 cm³/mol. The number of carbonyl (C=O) groups excluding carboxylic acids is 2. The number of fused-ring (bicyclic) bond motifs is 1. The molecule has 4 rings (SSSR count). The molecular weight excluding hydrogens is 478 g/mol. The van der Waals surface area contributed by atoms with E-state index < -0.39 is 28.4 Å². The second-order valence-electron chi connectivity index (χ2n) is 7.88. The molecule has 0 fully saturated rings. The molecule has 0 heterocycles. The summed E-state index contributed by atoms with van der Waals surface area (Å²) in [6, 6.07) is 25.8. The largest absolute Gasteiger partial charge is 0.422 e. The highest BCUT2D eigenvalue weighted by molar-refractivity contribution is 7.89. The number of hydrazone groups is 1. The first-order chi connectivity index (χ1) is 17.3. The minimum absolute atomic E-state index is 0.0602. The number of hydrogen-bond donors (Lipinski definition) is 2. The number of aryl methyl sites for hydroxylation is 1. The Kier molecular flexibility index (Phi) is 7.53. The van der Waals surface area contributed by atoms with Gasteiger partial charge in [0.05, 0.1) is 23.2 Å². The summed E-state index contributed by atoms with van der Waals surface area (Å²) in [6.07, 6.45) is 1.36. The summed E-state index contributed by atoms with van der Waals surface area (Å²) in [5.74, 6) is -0.930. The van der Waals surface area contributed by atoms with E-state index in [1.807, 2.05) is 37.3 Å². The molecule has 0 saturated heterocycles. The zero-order chi connectivity index (χ0) is 25.5. The zero-order valence-electron chi connectivity index (χ0n) is 19.3. The van der Waals surface area contributed by atoms with E-state index in [1.54, 1.807) is 48.5 Å². The molecule has 0 aliphatic carbocycles. The monoisotopic (exact) mass is 501 g/mol. The maximum atomic E-state index is 12.6. The number of rotatable bonds is 8. The molecule has 4 aromatic rings. The van der Waals surface area contributed by atoms with Crippen molar-refractivity contribution in [1.29, 1.82) is 0 Å². The van der Waals surface area contributed by atoms with Gasteiger partial charge in [0.15, 0.2) is 0 Å². The van der Waals surface area contributed by atoms with Gasteiger partial charge < -0.3 is 4.74 Å². The third kappa shape index (κ3) is 6.01. The molecule has 0 unspecified atom stereocenters. The van der Waals surface area contributed by atoms with E-state index in [2.05, 4.69) is 15.2 Å². The number of benzene rings is 4. The highest BCUT2D eigenvalue weighted by Crippen LogP contribution is 2.27. The molecule has 182 valence electrons. The van der Waals surface area contributed by atoms with Crippen LogP contribution in [0.1, 0.15) is 21.5 Å². The quantitative estimate of drug-likeness (QED) is 0.165. The van der Waals surface area contributed by atoms with Crippen LogP contribution in [0.4, 0.5) is 0 Å². The molecule has 0 atom stereocenters. The maximum Gasteiger partial charge on any atom is 0.343 e. The molecule has 2 N–H and O–H groups in total. The van der Waals surface area contributed by atoms with E-state index in [1.165, 1.54) is 18.3 Å². The van der Waals surface area contributed by atoms with Crippen molar-refractivity contribution >= 4 is 38.9 Å². The summed E-state index contributed by atoms with van der Waals surface area (Å²) in [5, 5.41) is 5.61. The number of amides is 1. The molecule has 9 heteroatoms. The van der Waals surface area contributed by atoms with E-state index in [0.29, 0.717) is 11.1 Å². The Morgan fingerprint density at radius 1 is 0.889 bits per heavy atom. The van der Waals surface area contributed by atoms with Gasteiger partial charge in [-0.25, -0.2) is 23.4 Å². The molecule has 8 nitrogen and oxygen atoms in total. The minimum atomic E-state index is -3.84. The Labute approximate surface area is 208 Å². The normalized spacial score (nSPS) is 11.5. The van der Waals surface area contributed by atoms with E-state index in [-0.39, 0.29) is 10.6 Å². The number of nitrogens with zero attached hydrogens (tertiary/aromatic N) is 1. The van der Waals surface area contributed by atoms with Gasteiger partial charge in [0.1, 0.15) is 5.75 Å². The highest BCUT2D eigenvalue weighted by Gasteiger charge is 2.16. The lowest BCUT2D eigenvalue weighted by atomic mass is 10.0. The lowest BCUT2D eigenvalue weighted by Gasteiger charge is -2.10. The molecule has 0 spiro atoms. The van der Waals surface area contributed by atoms with Gasteiger partial charge in [-0.2, -0.15) is 5.10 Å². The molecule has 0 radical (unpaired) electrons. The second-order valence-corrected chi connectivity index (χ2v) is 9.65. The molecule has 4 aromatic carbocycles. The van der Waals surface area contributed by atoms with Gasteiger partial charge >= 0.3 is 5.97 Å². The number of esters is 1. The second kappa shape index (κ2) is 10.9. The van der Waals surface area contributed by atoms with Crippen molar-refractivity contribution in [3.63, 3.8) is 0 Å². The molecule has 36 heavy (non-hydrogen) atoms. The maximum absolute atomic E-state index is 12.6. The van der Waals surface area contributed by atoms with Crippen LogP contribution >= 0.6 is 0 Å². The van der Waals surface area contributed by atoms with Crippen molar-refractivity contribution in [1.82, 2.24) is 10.1 Å². The molecule has 0 bridgehead atoms. The van der Waals surface area contributed by atoms with Crippen molar-refractivity contribution in [3.05, 3.63) is 108 Å². The fraction of sp³-hybridized carbons (Fsp3) is 0.0741. The lowest BCUT2D eigenvalue weighted by Crippen LogP contribution is -2.34. The van der Waals surface area contributed by atoms with Crippen LogP contribution in [0.3, 0.4) is 0 Å². The van der Waals surface area contributed by atoms with Crippen LogP contribution in [0.2, 0.25) is 0 Å². The van der Waals surface area contributed by atoms with Crippen molar-refractivity contribution in [2.24, 2.45) is 5.10 Å². The lowest BCUT2D eigenvalue weighted by molar-refractivity contribution is -0.119. The summed E-state index contributed by atoms with van der Waals surface area (Å²) in [6.45, 7) is 1.35. The Hall–Kier alpha value is -4.34. The Morgan fingerprint density at radius 3 is 2.33 bits per heavy atom. The zero-order valence-corrected chi connectivity index (χ0v) is 20.2. The minimum Gasteiger partial charge on any atom is -0.422 e. The van der Waals surface area contributed by atoms with Crippen molar-refractivity contribution < 1.29 is 22.7 Å². The van der Waals surface area contributed by atoms with E-state index in [0.717, 1.165) is 16.3 Å².